The van der Waals surface area contributed by atoms with Crippen LogP contribution in [0.25, 0.3) is 0 Å². The summed E-state index contributed by atoms with van der Waals surface area (Å²) in [6.45, 7) is 9.91. The predicted molar refractivity (Wildman–Crippen MR) is 123 cm³/mol. The zero-order chi connectivity index (χ0) is 22.1. The Balaban J connectivity index is 1.80. The highest BCUT2D eigenvalue weighted by molar-refractivity contribution is 9.10. The second kappa shape index (κ2) is 8.48. The van der Waals surface area contributed by atoms with E-state index in [0.29, 0.717) is 38.5 Å². The van der Waals surface area contributed by atoms with Crippen LogP contribution in [0.3, 0.4) is 0 Å². The molecule has 156 valence electrons. The molecule has 0 aliphatic carbocycles. The molecule has 0 atom stereocenters. The normalized spacial score (nSPS) is 11.3. The number of para-hydroxylation sites is 2. The zero-order valence-electron chi connectivity index (χ0n) is 17.7. The molecule has 30 heavy (non-hydrogen) atoms. The number of rotatable bonds is 4. The van der Waals surface area contributed by atoms with Crippen LogP contribution in [0.15, 0.2) is 57.4 Å². The van der Waals surface area contributed by atoms with E-state index in [1.54, 1.807) is 38.1 Å². The van der Waals surface area contributed by atoms with E-state index in [1.807, 2.05) is 24.3 Å². The van der Waals surface area contributed by atoms with Gasteiger partial charge in [0.25, 0.3) is 11.8 Å². The van der Waals surface area contributed by atoms with Crippen LogP contribution in [0.4, 0.5) is 11.4 Å². The molecular weight excluding hydrogens is 444 g/mol. The molecule has 0 bridgehead atoms. The Bertz CT molecular complexity index is 1090. The third-order valence-corrected chi connectivity index (χ3v) is 5.81. The standard InChI is InChI=1S/C24H25BrN2O3/c1-14-20(21(25)15(2)30-14)23(29)27-19-9-7-6-8-18(19)26-22(28)16-10-12-17(13-11-16)24(3,4)5/h6-13H,1-5H3,(H,26,28)(H,27,29). The molecule has 2 amide bonds. The summed E-state index contributed by atoms with van der Waals surface area (Å²) in [5, 5.41) is 5.75. The van der Waals surface area contributed by atoms with Crippen LogP contribution >= 0.6 is 15.9 Å². The van der Waals surface area contributed by atoms with Gasteiger partial charge in [0, 0.05) is 5.56 Å². The van der Waals surface area contributed by atoms with E-state index in [-0.39, 0.29) is 17.2 Å². The van der Waals surface area contributed by atoms with Crippen molar-refractivity contribution in [1.82, 2.24) is 0 Å². The molecule has 0 radical (unpaired) electrons. The van der Waals surface area contributed by atoms with E-state index in [9.17, 15) is 9.59 Å². The quantitative estimate of drug-likeness (QED) is 0.461. The van der Waals surface area contributed by atoms with Crippen LogP contribution in [0.5, 0.6) is 0 Å². The van der Waals surface area contributed by atoms with Gasteiger partial charge in [-0.05, 0) is 65.0 Å². The van der Waals surface area contributed by atoms with Crippen molar-refractivity contribution in [3.05, 3.63) is 81.2 Å². The highest BCUT2D eigenvalue weighted by Crippen LogP contribution is 2.30. The number of benzene rings is 2. The summed E-state index contributed by atoms with van der Waals surface area (Å²) >= 11 is 3.40. The van der Waals surface area contributed by atoms with Crippen molar-refractivity contribution < 1.29 is 14.0 Å². The van der Waals surface area contributed by atoms with E-state index in [4.69, 9.17) is 4.42 Å². The molecule has 2 aromatic carbocycles. The average molecular weight is 469 g/mol. The van der Waals surface area contributed by atoms with Crippen LogP contribution < -0.4 is 10.6 Å². The minimum absolute atomic E-state index is 0.0176. The average Bonchev–Trinajstić information content (AvgIpc) is 2.94. The summed E-state index contributed by atoms with van der Waals surface area (Å²) in [7, 11) is 0. The van der Waals surface area contributed by atoms with E-state index in [1.165, 1.54) is 0 Å². The first-order valence-electron chi connectivity index (χ1n) is 9.65. The molecule has 0 saturated carbocycles. The maximum absolute atomic E-state index is 12.8. The maximum atomic E-state index is 12.8. The third kappa shape index (κ3) is 4.65. The second-order valence-corrected chi connectivity index (χ2v) is 8.98. The lowest BCUT2D eigenvalue weighted by atomic mass is 9.87. The lowest BCUT2D eigenvalue weighted by Crippen LogP contribution is -2.17. The Labute approximate surface area is 185 Å². The van der Waals surface area contributed by atoms with Crippen molar-refractivity contribution in [1.29, 1.82) is 0 Å². The fraction of sp³-hybridized carbons (Fsp3) is 0.250. The van der Waals surface area contributed by atoms with E-state index in [0.717, 1.165) is 5.56 Å². The molecule has 0 aliphatic rings. The van der Waals surface area contributed by atoms with Crippen molar-refractivity contribution in [2.45, 2.75) is 40.0 Å². The zero-order valence-corrected chi connectivity index (χ0v) is 19.3. The van der Waals surface area contributed by atoms with Gasteiger partial charge in [-0.2, -0.15) is 0 Å². The van der Waals surface area contributed by atoms with Gasteiger partial charge in [-0.15, -0.1) is 0 Å². The van der Waals surface area contributed by atoms with Crippen LogP contribution in [0.1, 0.15) is 58.6 Å². The summed E-state index contributed by atoms with van der Waals surface area (Å²) in [6, 6.07) is 14.6. The number of anilines is 2. The van der Waals surface area contributed by atoms with Crippen molar-refractivity contribution in [3.63, 3.8) is 0 Å². The monoisotopic (exact) mass is 468 g/mol. The number of hydrogen-bond acceptors (Lipinski definition) is 3. The molecule has 0 unspecified atom stereocenters. The van der Waals surface area contributed by atoms with E-state index in [2.05, 4.69) is 47.3 Å². The third-order valence-electron chi connectivity index (χ3n) is 4.85. The number of nitrogens with one attached hydrogen (secondary N) is 2. The van der Waals surface area contributed by atoms with Crippen molar-refractivity contribution in [2.24, 2.45) is 0 Å². The Morgan fingerprint density at radius 3 is 1.83 bits per heavy atom. The van der Waals surface area contributed by atoms with Gasteiger partial charge in [-0.25, -0.2) is 0 Å². The Kier molecular flexibility index (Phi) is 6.17. The largest absolute Gasteiger partial charge is 0.465 e. The molecule has 2 N–H and O–H groups in total. The lowest BCUT2D eigenvalue weighted by Gasteiger charge is -2.19. The van der Waals surface area contributed by atoms with Gasteiger partial charge >= 0.3 is 0 Å². The first-order chi connectivity index (χ1) is 14.1. The van der Waals surface area contributed by atoms with Crippen LogP contribution in [0, 0.1) is 13.8 Å². The molecule has 3 aromatic rings. The lowest BCUT2D eigenvalue weighted by molar-refractivity contribution is 0.101. The van der Waals surface area contributed by atoms with Crippen molar-refractivity contribution in [3.8, 4) is 0 Å². The van der Waals surface area contributed by atoms with Crippen LogP contribution in [-0.2, 0) is 5.41 Å². The smallest absolute Gasteiger partial charge is 0.260 e. The molecule has 5 nitrogen and oxygen atoms in total. The summed E-state index contributed by atoms with van der Waals surface area (Å²) in [5.74, 6) is 0.608. The molecular formula is C24H25BrN2O3. The van der Waals surface area contributed by atoms with Gasteiger partial charge in [-0.3, -0.25) is 9.59 Å². The first kappa shape index (κ1) is 21.8. The van der Waals surface area contributed by atoms with Gasteiger partial charge in [0.1, 0.15) is 11.5 Å². The number of carbonyl (C=O) groups excluding carboxylic acids is 2. The van der Waals surface area contributed by atoms with Gasteiger partial charge < -0.3 is 15.1 Å². The maximum Gasteiger partial charge on any atom is 0.260 e. The first-order valence-corrected chi connectivity index (χ1v) is 10.4. The Hall–Kier alpha value is -2.86. The second-order valence-electron chi connectivity index (χ2n) is 8.18. The van der Waals surface area contributed by atoms with Gasteiger partial charge in [0.15, 0.2) is 0 Å². The van der Waals surface area contributed by atoms with Crippen molar-refractivity contribution in [2.75, 3.05) is 10.6 Å². The molecule has 0 aliphatic heterocycles. The summed E-state index contributed by atoms with van der Waals surface area (Å²) < 4.78 is 6.14. The van der Waals surface area contributed by atoms with Gasteiger partial charge in [-0.1, -0.05) is 45.0 Å². The van der Waals surface area contributed by atoms with Crippen LogP contribution in [0.2, 0.25) is 0 Å². The summed E-state index contributed by atoms with van der Waals surface area (Å²) in [4.78, 5) is 25.5. The number of halogens is 1. The predicted octanol–water partition coefficient (Wildman–Crippen LogP) is 6.46. The Morgan fingerprint density at radius 2 is 1.37 bits per heavy atom. The molecule has 3 rings (SSSR count). The van der Waals surface area contributed by atoms with Crippen LogP contribution in [-0.4, -0.2) is 11.8 Å². The fourth-order valence-electron chi connectivity index (χ4n) is 3.12. The number of hydrogen-bond donors (Lipinski definition) is 2. The fourth-order valence-corrected chi connectivity index (χ4v) is 3.66. The summed E-state index contributed by atoms with van der Waals surface area (Å²) in [5.41, 5.74) is 3.18. The highest BCUT2D eigenvalue weighted by Gasteiger charge is 2.21. The number of amides is 2. The SMILES string of the molecule is Cc1oc(C)c(C(=O)Nc2ccccc2NC(=O)c2ccc(C(C)(C)C)cc2)c1Br. The molecule has 1 aromatic heterocycles. The number of aryl methyl sites for hydroxylation is 2. The topological polar surface area (TPSA) is 71.3 Å². The Morgan fingerprint density at radius 1 is 0.833 bits per heavy atom. The minimum Gasteiger partial charge on any atom is -0.465 e. The molecule has 0 saturated heterocycles. The number of carbonyl (C=O) groups is 2. The highest BCUT2D eigenvalue weighted by atomic mass is 79.9. The molecule has 1 heterocycles. The molecule has 0 fully saturated rings. The minimum atomic E-state index is -0.313. The molecule has 0 spiro atoms. The summed E-state index contributed by atoms with van der Waals surface area (Å²) in [6.07, 6.45) is 0. The van der Waals surface area contributed by atoms with E-state index >= 15 is 0 Å². The van der Waals surface area contributed by atoms with Gasteiger partial charge in [0.05, 0.1) is 21.4 Å². The molecule has 6 heteroatoms. The van der Waals surface area contributed by atoms with Crippen molar-refractivity contribution >= 4 is 39.1 Å². The number of furan rings is 1. The van der Waals surface area contributed by atoms with Gasteiger partial charge in [0.2, 0.25) is 0 Å². The van der Waals surface area contributed by atoms with E-state index < -0.39 is 0 Å².